The molecule has 1 atom stereocenters. The van der Waals surface area contributed by atoms with Crippen LogP contribution in [-0.4, -0.2) is 24.6 Å². The number of hydrogen-bond acceptors (Lipinski definition) is 4. The van der Waals surface area contributed by atoms with Crippen molar-refractivity contribution < 1.29 is 4.92 Å². The van der Waals surface area contributed by atoms with Crippen molar-refractivity contribution in [2.75, 3.05) is 25.0 Å². The largest absolute Gasteiger partial charge is 0.384 e. The fourth-order valence-electron chi connectivity index (χ4n) is 2.27. The van der Waals surface area contributed by atoms with E-state index in [9.17, 15) is 10.1 Å². The van der Waals surface area contributed by atoms with Gasteiger partial charge in [-0.15, -0.1) is 0 Å². The quantitative estimate of drug-likeness (QED) is 0.634. The summed E-state index contributed by atoms with van der Waals surface area (Å²) in [5.41, 5.74) is 2.06. The van der Waals surface area contributed by atoms with Gasteiger partial charge in [0.1, 0.15) is 0 Å². The molecule has 2 N–H and O–H groups in total. The van der Waals surface area contributed by atoms with Gasteiger partial charge in [-0.2, -0.15) is 0 Å². The van der Waals surface area contributed by atoms with E-state index >= 15 is 0 Å². The normalized spacial score (nSPS) is 19.5. The lowest BCUT2D eigenvalue weighted by molar-refractivity contribution is -0.384. The van der Waals surface area contributed by atoms with Gasteiger partial charge in [0.15, 0.2) is 0 Å². The molecule has 0 bridgehead atoms. The van der Waals surface area contributed by atoms with E-state index in [-0.39, 0.29) is 10.6 Å². The van der Waals surface area contributed by atoms with E-state index in [0.29, 0.717) is 5.92 Å². The van der Waals surface area contributed by atoms with Crippen molar-refractivity contribution in [3.8, 4) is 0 Å². The highest BCUT2D eigenvalue weighted by Crippen LogP contribution is 2.22. The summed E-state index contributed by atoms with van der Waals surface area (Å²) in [5, 5.41) is 17.4. The minimum atomic E-state index is -0.354. The molecule has 1 aromatic carbocycles. The maximum atomic E-state index is 10.7. The van der Waals surface area contributed by atoms with Crippen LogP contribution < -0.4 is 10.6 Å². The molecule has 0 spiro atoms. The molecule has 0 amide bonds. The van der Waals surface area contributed by atoms with Crippen molar-refractivity contribution in [1.82, 2.24) is 5.32 Å². The van der Waals surface area contributed by atoms with Gasteiger partial charge in [0, 0.05) is 24.4 Å². The molecule has 5 heteroatoms. The van der Waals surface area contributed by atoms with Crippen LogP contribution in [0.4, 0.5) is 11.4 Å². The van der Waals surface area contributed by atoms with Gasteiger partial charge in [-0.1, -0.05) is 6.07 Å². The van der Waals surface area contributed by atoms with Crippen LogP contribution in [0.15, 0.2) is 18.2 Å². The third kappa shape index (κ3) is 3.20. The molecule has 1 heterocycles. The second-order valence-corrected chi connectivity index (χ2v) is 4.85. The Bertz CT molecular complexity index is 428. The lowest BCUT2D eigenvalue weighted by Crippen LogP contribution is -2.33. The standard InChI is InChI=1S/C13H19N3O2/c1-10-4-5-12(16(17)18)7-13(10)15-9-11-3-2-6-14-8-11/h4-5,7,11,14-15H,2-3,6,8-9H2,1H3. The number of nitro groups is 1. The summed E-state index contributed by atoms with van der Waals surface area (Å²) in [7, 11) is 0. The van der Waals surface area contributed by atoms with Gasteiger partial charge in [-0.3, -0.25) is 10.1 Å². The Kier molecular flexibility index (Phi) is 4.15. The molecule has 5 nitrogen and oxygen atoms in total. The predicted molar refractivity (Wildman–Crippen MR) is 71.9 cm³/mol. The summed E-state index contributed by atoms with van der Waals surface area (Å²) < 4.78 is 0. The molecule has 1 saturated heterocycles. The molecule has 98 valence electrons. The number of nitro benzene ring substituents is 1. The molecule has 0 aliphatic carbocycles. The van der Waals surface area contributed by atoms with E-state index in [1.165, 1.54) is 12.8 Å². The second kappa shape index (κ2) is 5.82. The van der Waals surface area contributed by atoms with Gasteiger partial charge in [0.05, 0.1) is 4.92 Å². The fraction of sp³-hybridized carbons (Fsp3) is 0.538. The SMILES string of the molecule is Cc1ccc([N+](=O)[O-])cc1NCC1CCCNC1. The predicted octanol–water partition coefficient (Wildman–Crippen LogP) is 2.31. The number of non-ortho nitro benzene ring substituents is 1. The van der Waals surface area contributed by atoms with Crippen molar-refractivity contribution in [3.05, 3.63) is 33.9 Å². The number of anilines is 1. The molecule has 1 aliphatic rings. The van der Waals surface area contributed by atoms with E-state index < -0.39 is 0 Å². The number of aryl methyl sites for hydroxylation is 1. The Morgan fingerprint density at radius 3 is 3.06 bits per heavy atom. The van der Waals surface area contributed by atoms with Crippen LogP contribution in [0, 0.1) is 23.0 Å². The molecule has 0 saturated carbocycles. The molecule has 18 heavy (non-hydrogen) atoms. The summed E-state index contributed by atoms with van der Waals surface area (Å²) in [6.45, 7) is 4.97. The highest BCUT2D eigenvalue weighted by atomic mass is 16.6. The van der Waals surface area contributed by atoms with E-state index in [1.54, 1.807) is 18.2 Å². The highest BCUT2D eigenvalue weighted by Gasteiger charge is 2.14. The van der Waals surface area contributed by atoms with Crippen molar-refractivity contribution in [3.63, 3.8) is 0 Å². The average Bonchev–Trinajstić information content (AvgIpc) is 2.38. The van der Waals surface area contributed by atoms with E-state index in [1.807, 2.05) is 6.92 Å². The molecular formula is C13H19N3O2. The van der Waals surface area contributed by atoms with Crippen molar-refractivity contribution in [1.29, 1.82) is 0 Å². The number of rotatable bonds is 4. The second-order valence-electron chi connectivity index (χ2n) is 4.85. The fourth-order valence-corrected chi connectivity index (χ4v) is 2.27. The number of nitrogens with zero attached hydrogens (tertiary/aromatic N) is 1. The van der Waals surface area contributed by atoms with Gasteiger partial charge >= 0.3 is 0 Å². The van der Waals surface area contributed by atoms with Crippen molar-refractivity contribution in [2.45, 2.75) is 19.8 Å². The zero-order valence-corrected chi connectivity index (χ0v) is 10.6. The topological polar surface area (TPSA) is 67.2 Å². The first-order valence-corrected chi connectivity index (χ1v) is 6.36. The summed E-state index contributed by atoms with van der Waals surface area (Å²) in [5.74, 6) is 0.609. The summed E-state index contributed by atoms with van der Waals surface area (Å²) in [6.07, 6.45) is 2.42. The Morgan fingerprint density at radius 1 is 1.56 bits per heavy atom. The molecule has 1 unspecified atom stereocenters. The molecule has 2 rings (SSSR count). The summed E-state index contributed by atoms with van der Waals surface area (Å²) in [4.78, 5) is 10.4. The number of hydrogen-bond donors (Lipinski definition) is 2. The van der Waals surface area contributed by atoms with Crippen LogP contribution >= 0.6 is 0 Å². The molecule has 1 aliphatic heterocycles. The smallest absolute Gasteiger partial charge is 0.271 e. The zero-order valence-electron chi connectivity index (χ0n) is 10.6. The summed E-state index contributed by atoms with van der Waals surface area (Å²) in [6, 6.07) is 4.95. The van der Waals surface area contributed by atoms with Gasteiger partial charge in [-0.05, 0) is 44.3 Å². The van der Waals surface area contributed by atoms with Crippen LogP contribution in [0.1, 0.15) is 18.4 Å². The van der Waals surface area contributed by atoms with E-state index in [0.717, 1.165) is 30.9 Å². The van der Waals surface area contributed by atoms with Crippen molar-refractivity contribution in [2.24, 2.45) is 5.92 Å². The zero-order chi connectivity index (χ0) is 13.0. The lowest BCUT2D eigenvalue weighted by atomic mass is 9.99. The Morgan fingerprint density at radius 2 is 2.39 bits per heavy atom. The first kappa shape index (κ1) is 12.8. The van der Waals surface area contributed by atoms with E-state index in [2.05, 4.69) is 10.6 Å². The third-order valence-electron chi connectivity index (χ3n) is 3.41. The lowest BCUT2D eigenvalue weighted by Gasteiger charge is -2.23. The molecule has 1 aromatic rings. The summed E-state index contributed by atoms with van der Waals surface area (Å²) >= 11 is 0. The average molecular weight is 249 g/mol. The molecule has 1 fully saturated rings. The monoisotopic (exact) mass is 249 g/mol. The van der Waals surface area contributed by atoms with Crippen LogP contribution in [0.2, 0.25) is 0 Å². The van der Waals surface area contributed by atoms with Gasteiger partial charge in [0.25, 0.3) is 5.69 Å². The van der Waals surface area contributed by atoms with E-state index in [4.69, 9.17) is 0 Å². The van der Waals surface area contributed by atoms with Gasteiger partial charge in [-0.25, -0.2) is 0 Å². The maximum Gasteiger partial charge on any atom is 0.271 e. The first-order chi connectivity index (χ1) is 8.66. The van der Waals surface area contributed by atoms with Gasteiger partial charge < -0.3 is 10.6 Å². The first-order valence-electron chi connectivity index (χ1n) is 6.36. The highest BCUT2D eigenvalue weighted by molar-refractivity contribution is 5.56. The minimum Gasteiger partial charge on any atom is -0.384 e. The van der Waals surface area contributed by atoms with Crippen LogP contribution in [0.3, 0.4) is 0 Å². The van der Waals surface area contributed by atoms with Gasteiger partial charge in [0.2, 0.25) is 0 Å². The maximum absolute atomic E-state index is 10.7. The Labute approximate surface area is 107 Å². The van der Waals surface area contributed by atoms with Crippen molar-refractivity contribution >= 4 is 11.4 Å². The van der Waals surface area contributed by atoms with Crippen LogP contribution in [-0.2, 0) is 0 Å². The third-order valence-corrected chi connectivity index (χ3v) is 3.41. The number of benzene rings is 1. The Hall–Kier alpha value is -1.62. The van der Waals surface area contributed by atoms with Crippen LogP contribution in [0.25, 0.3) is 0 Å². The molecule has 0 aromatic heterocycles. The van der Waals surface area contributed by atoms with Crippen LogP contribution in [0.5, 0.6) is 0 Å². The number of nitrogens with one attached hydrogen (secondary N) is 2. The molecular weight excluding hydrogens is 230 g/mol. The Balaban J connectivity index is 1.99. The number of piperidine rings is 1. The minimum absolute atomic E-state index is 0.143. The molecule has 0 radical (unpaired) electrons.